The maximum atomic E-state index is 13.7. The number of aromatic nitrogens is 2. The molecule has 0 radical (unpaired) electrons. The van der Waals surface area contributed by atoms with E-state index in [2.05, 4.69) is 38.1 Å². The van der Waals surface area contributed by atoms with E-state index >= 15 is 0 Å². The number of carbonyl (C=O) groups excluding carboxylic acids is 3. The molecule has 0 bridgehead atoms. The van der Waals surface area contributed by atoms with Gasteiger partial charge in [0.15, 0.2) is 0 Å². The summed E-state index contributed by atoms with van der Waals surface area (Å²) in [5.74, 6) is -0.139. The molecule has 2 fully saturated rings. The number of anilines is 1. The Morgan fingerprint density at radius 2 is 1.93 bits per heavy atom. The number of piperidine rings is 1. The van der Waals surface area contributed by atoms with E-state index in [4.69, 9.17) is 4.74 Å². The van der Waals surface area contributed by atoms with Crippen molar-refractivity contribution in [1.82, 2.24) is 25.3 Å². The van der Waals surface area contributed by atoms with Crippen molar-refractivity contribution in [3.05, 3.63) is 59.9 Å². The molecule has 10 nitrogen and oxygen atoms in total. The molecular weight excluding hydrogens is 520 g/mol. The first kappa shape index (κ1) is 29.0. The van der Waals surface area contributed by atoms with Crippen molar-refractivity contribution >= 4 is 23.4 Å². The van der Waals surface area contributed by atoms with Gasteiger partial charge in [0.25, 0.3) is 0 Å². The van der Waals surface area contributed by atoms with Gasteiger partial charge in [-0.1, -0.05) is 42.5 Å². The molecule has 1 spiro atoms. The number of rotatable bonds is 5. The molecule has 3 atom stereocenters. The topological polar surface area (TPSA) is 118 Å². The predicted molar refractivity (Wildman–Crippen MR) is 156 cm³/mol. The predicted octanol–water partition coefficient (Wildman–Crippen LogP) is 2.35. The zero-order chi connectivity index (χ0) is 28.8. The van der Waals surface area contributed by atoms with Crippen LogP contribution in [0.1, 0.15) is 43.4 Å². The number of hydrogen-bond donors (Lipinski definition) is 3. The van der Waals surface area contributed by atoms with Crippen molar-refractivity contribution in [2.45, 2.75) is 57.5 Å². The number of allylic oxidation sites excluding steroid dienone is 2. The second kappa shape index (κ2) is 13.0. The van der Waals surface area contributed by atoms with Gasteiger partial charge in [-0.05, 0) is 50.5 Å². The lowest BCUT2D eigenvalue weighted by Gasteiger charge is -2.40. The van der Waals surface area contributed by atoms with E-state index in [0.717, 1.165) is 29.8 Å². The molecule has 10 heteroatoms. The number of carbonyl (C=O) groups is 3. The largest absolute Gasteiger partial charge is 0.381 e. The summed E-state index contributed by atoms with van der Waals surface area (Å²) in [5.41, 5.74) is 1.93. The first-order valence-corrected chi connectivity index (χ1v) is 14.7. The quantitative estimate of drug-likeness (QED) is 0.482. The van der Waals surface area contributed by atoms with E-state index in [-0.39, 0.29) is 36.2 Å². The highest BCUT2D eigenvalue weighted by Crippen LogP contribution is 2.36. The van der Waals surface area contributed by atoms with Crippen LogP contribution in [0, 0.1) is 18.3 Å². The van der Waals surface area contributed by atoms with Gasteiger partial charge in [0.05, 0.1) is 23.3 Å². The Morgan fingerprint density at radius 1 is 1.15 bits per heavy atom. The molecule has 0 aliphatic carbocycles. The maximum absolute atomic E-state index is 13.7. The summed E-state index contributed by atoms with van der Waals surface area (Å²) in [6, 6.07) is 9.12. The average Bonchev–Trinajstić information content (AvgIpc) is 3.28. The Morgan fingerprint density at radius 3 is 2.66 bits per heavy atom. The van der Waals surface area contributed by atoms with Crippen LogP contribution in [0.25, 0.3) is 0 Å². The van der Waals surface area contributed by atoms with Crippen molar-refractivity contribution in [3.8, 4) is 0 Å². The lowest BCUT2D eigenvalue weighted by molar-refractivity contribution is -0.140. The summed E-state index contributed by atoms with van der Waals surface area (Å²) in [5, 5.41) is 13.7. The Balaban J connectivity index is 1.32. The summed E-state index contributed by atoms with van der Waals surface area (Å²) in [6.45, 7) is 4.63. The first-order chi connectivity index (χ1) is 19.8. The highest BCUT2D eigenvalue weighted by molar-refractivity contribution is 5.92. The molecule has 220 valence electrons. The Bertz CT molecular complexity index is 1250. The van der Waals surface area contributed by atoms with Gasteiger partial charge in [-0.25, -0.2) is 0 Å². The van der Waals surface area contributed by atoms with Crippen molar-refractivity contribution in [1.29, 1.82) is 0 Å². The fraction of sp³-hybridized carbons (Fsp3) is 0.548. The molecule has 0 saturated carbocycles. The number of nitrogens with zero attached hydrogens (tertiary/aromatic N) is 3. The summed E-state index contributed by atoms with van der Waals surface area (Å²) in [6.07, 6.45) is 9.91. The van der Waals surface area contributed by atoms with Gasteiger partial charge >= 0.3 is 0 Å². The Labute approximate surface area is 241 Å². The van der Waals surface area contributed by atoms with E-state index in [1.165, 1.54) is 0 Å². The number of aryl methyl sites for hydroxylation is 2. The molecule has 3 aliphatic rings. The number of likely N-dealkylation sites (tertiary alicyclic amines) is 1. The first-order valence-electron chi connectivity index (χ1n) is 14.7. The third kappa shape index (κ3) is 7.23. The molecule has 2 saturated heterocycles. The minimum absolute atomic E-state index is 0.0429. The molecule has 2 aromatic rings. The molecule has 3 aliphatic heterocycles. The second-order valence-electron chi connectivity index (χ2n) is 11.8. The van der Waals surface area contributed by atoms with Gasteiger partial charge in [-0.2, -0.15) is 5.10 Å². The van der Waals surface area contributed by atoms with Crippen molar-refractivity contribution < 1.29 is 19.1 Å². The van der Waals surface area contributed by atoms with Crippen LogP contribution < -0.4 is 16.0 Å². The Hall–Kier alpha value is -3.50. The van der Waals surface area contributed by atoms with Crippen molar-refractivity contribution in [2.24, 2.45) is 18.4 Å². The van der Waals surface area contributed by atoms with Gasteiger partial charge in [0.2, 0.25) is 17.7 Å². The number of amides is 3. The number of ether oxygens (including phenoxy) is 1. The number of nitrogens with one attached hydrogen (secondary N) is 3. The number of benzene rings is 1. The molecule has 41 heavy (non-hydrogen) atoms. The third-order valence-corrected chi connectivity index (χ3v) is 8.75. The molecule has 3 amide bonds. The number of hydrogen-bond acceptors (Lipinski definition) is 6. The zero-order valence-corrected chi connectivity index (χ0v) is 24.1. The van der Waals surface area contributed by atoms with Crippen LogP contribution in [0.15, 0.2) is 48.7 Å². The minimum Gasteiger partial charge on any atom is -0.381 e. The standard InChI is InChI=1S/C31H42N6O4/c1-22-27(20-36(2)35-22)32-28(38)21-37-15-11-25-24(19-37)10-6-7-12-31(13-16-41-17-14-31)30(40)34-26(29(39)33-25)18-23-8-4-3-5-9-23/h3-9,20,24-26H,10-19,21H2,1-2H3,(H,32,38)(H,33,39)(H,34,40)/b7-6+/t24-,25+,26-/m1/s1. The number of fused-ring (bicyclic) bond motifs is 1. The highest BCUT2D eigenvalue weighted by atomic mass is 16.5. The fourth-order valence-corrected chi connectivity index (χ4v) is 6.31. The second-order valence-corrected chi connectivity index (χ2v) is 11.8. The lowest BCUT2D eigenvalue weighted by Crippen LogP contribution is -2.58. The molecule has 1 aromatic carbocycles. The van der Waals surface area contributed by atoms with Crippen LogP contribution in [-0.4, -0.2) is 77.3 Å². The lowest BCUT2D eigenvalue weighted by atomic mass is 9.75. The maximum Gasteiger partial charge on any atom is 0.243 e. The monoisotopic (exact) mass is 562 g/mol. The Kier molecular flexibility index (Phi) is 9.19. The summed E-state index contributed by atoms with van der Waals surface area (Å²) in [4.78, 5) is 42.5. The normalized spacial score (nSPS) is 26.1. The van der Waals surface area contributed by atoms with E-state index in [1.54, 1.807) is 4.68 Å². The van der Waals surface area contributed by atoms with Crippen LogP contribution in [0.2, 0.25) is 0 Å². The van der Waals surface area contributed by atoms with Gasteiger partial charge < -0.3 is 20.7 Å². The molecule has 1 aromatic heterocycles. The summed E-state index contributed by atoms with van der Waals surface area (Å²) in [7, 11) is 1.83. The van der Waals surface area contributed by atoms with Gasteiger partial charge in [0.1, 0.15) is 6.04 Å². The molecule has 5 rings (SSSR count). The van der Waals surface area contributed by atoms with Crippen molar-refractivity contribution in [2.75, 3.05) is 38.2 Å². The molecule has 4 heterocycles. The molecule has 3 N–H and O–H groups in total. The van der Waals surface area contributed by atoms with Crippen LogP contribution in [0.3, 0.4) is 0 Å². The van der Waals surface area contributed by atoms with Crippen LogP contribution in [0.4, 0.5) is 5.69 Å². The van der Waals surface area contributed by atoms with Crippen molar-refractivity contribution in [3.63, 3.8) is 0 Å². The van der Waals surface area contributed by atoms with Crippen LogP contribution >= 0.6 is 0 Å². The SMILES string of the molecule is Cc1nn(C)cc1NC(=O)CN1CC[C@@H]2NC(=O)[C@@H](Cc3ccccc3)NC(=O)C3(C/C=C/C[C@@H]2C1)CCOCC3. The summed E-state index contributed by atoms with van der Waals surface area (Å²) >= 11 is 0. The van der Waals surface area contributed by atoms with E-state index in [0.29, 0.717) is 52.0 Å². The van der Waals surface area contributed by atoms with E-state index in [9.17, 15) is 14.4 Å². The molecular formula is C31H42N6O4. The van der Waals surface area contributed by atoms with Crippen LogP contribution in [0.5, 0.6) is 0 Å². The van der Waals surface area contributed by atoms with Gasteiger partial charge in [0, 0.05) is 52.0 Å². The van der Waals surface area contributed by atoms with Crippen LogP contribution in [-0.2, 0) is 32.6 Å². The zero-order valence-electron chi connectivity index (χ0n) is 24.1. The van der Waals surface area contributed by atoms with E-state index < -0.39 is 11.5 Å². The highest BCUT2D eigenvalue weighted by Gasteiger charge is 2.41. The molecule has 0 unspecified atom stereocenters. The smallest absolute Gasteiger partial charge is 0.243 e. The van der Waals surface area contributed by atoms with E-state index in [1.807, 2.05) is 50.5 Å². The minimum atomic E-state index is -0.666. The summed E-state index contributed by atoms with van der Waals surface area (Å²) < 4.78 is 7.28. The fourth-order valence-electron chi connectivity index (χ4n) is 6.31. The third-order valence-electron chi connectivity index (χ3n) is 8.75. The van der Waals surface area contributed by atoms with Gasteiger partial charge in [-0.15, -0.1) is 0 Å². The average molecular weight is 563 g/mol. The van der Waals surface area contributed by atoms with Gasteiger partial charge in [-0.3, -0.25) is 24.0 Å².